The lowest BCUT2D eigenvalue weighted by atomic mass is 10.1. The van der Waals surface area contributed by atoms with E-state index in [0.29, 0.717) is 33.0 Å². The molecule has 0 unspecified atom stereocenters. The molecule has 29 heavy (non-hydrogen) atoms. The van der Waals surface area contributed by atoms with Crippen molar-refractivity contribution in [2.45, 2.75) is 6.92 Å². The molecule has 0 bridgehead atoms. The Hall–Kier alpha value is -3.15. The van der Waals surface area contributed by atoms with E-state index in [1.807, 2.05) is 43.3 Å². The molecule has 7 heteroatoms. The molecule has 4 aromatic rings. The molecule has 0 aliphatic rings. The summed E-state index contributed by atoms with van der Waals surface area (Å²) < 4.78 is 0. The highest BCUT2D eigenvalue weighted by Gasteiger charge is 2.11. The lowest BCUT2D eigenvalue weighted by Crippen LogP contribution is -2.03. The van der Waals surface area contributed by atoms with Crippen LogP contribution >= 0.6 is 23.2 Å². The molecular formula is C22H16Cl2N4O. The fourth-order valence-electron chi connectivity index (χ4n) is 2.90. The zero-order chi connectivity index (χ0) is 20.4. The van der Waals surface area contributed by atoms with Crippen LogP contribution in [0.5, 0.6) is 5.75 Å². The molecule has 2 N–H and O–H groups in total. The summed E-state index contributed by atoms with van der Waals surface area (Å²) in [4.78, 5) is 9.27. The summed E-state index contributed by atoms with van der Waals surface area (Å²) in [6.45, 7) is 1.81. The average Bonchev–Trinajstić information content (AvgIpc) is 2.74. The molecule has 1 aromatic heterocycles. The van der Waals surface area contributed by atoms with Crippen LogP contribution in [0, 0.1) is 0 Å². The predicted octanol–water partition coefficient (Wildman–Crippen LogP) is 6.15. The highest BCUT2D eigenvalue weighted by atomic mass is 35.5. The van der Waals surface area contributed by atoms with Gasteiger partial charge in [0.15, 0.2) is 11.6 Å². The van der Waals surface area contributed by atoms with E-state index in [2.05, 4.69) is 20.5 Å². The fourth-order valence-corrected chi connectivity index (χ4v) is 3.20. The second-order valence-electron chi connectivity index (χ2n) is 6.37. The molecule has 3 aromatic carbocycles. The molecule has 0 aliphatic carbocycles. The lowest BCUT2D eigenvalue weighted by molar-refractivity contribution is 0.474. The summed E-state index contributed by atoms with van der Waals surface area (Å²) >= 11 is 12.2. The first-order valence-corrected chi connectivity index (χ1v) is 9.59. The van der Waals surface area contributed by atoms with Crippen molar-refractivity contribution in [3.8, 4) is 17.1 Å². The van der Waals surface area contributed by atoms with Crippen molar-refractivity contribution < 1.29 is 5.11 Å². The Morgan fingerprint density at radius 1 is 0.931 bits per heavy atom. The third-order valence-corrected chi connectivity index (χ3v) is 5.14. The van der Waals surface area contributed by atoms with Gasteiger partial charge in [0, 0.05) is 16.5 Å². The molecule has 0 atom stereocenters. The van der Waals surface area contributed by atoms with Gasteiger partial charge in [-0.15, -0.1) is 0 Å². The van der Waals surface area contributed by atoms with Gasteiger partial charge in [-0.3, -0.25) is 5.43 Å². The minimum absolute atomic E-state index is 0.166. The molecule has 5 nitrogen and oxygen atoms in total. The van der Waals surface area contributed by atoms with Crippen molar-refractivity contribution in [1.29, 1.82) is 0 Å². The third kappa shape index (κ3) is 4.01. The number of phenols is 1. The van der Waals surface area contributed by atoms with Gasteiger partial charge in [0.2, 0.25) is 0 Å². The van der Waals surface area contributed by atoms with E-state index < -0.39 is 0 Å². The zero-order valence-corrected chi connectivity index (χ0v) is 16.9. The van der Waals surface area contributed by atoms with Gasteiger partial charge in [-0.2, -0.15) is 5.10 Å². The quantitative estimate of drug-likeness (QED) is 0.305. The maximum atomic E-state index is 10.0. The van der Waals surface area contributed by atoms with Crippen molar-refractivity contribution in [3.63, 3.8) is 0 Å². The Morgan fingerprint density at radius 2 is 1.69 bits per heavy atom. The Labute approximate surface area is 177 Å². The largest absolute Gasteiger partial charge is 0.507 e. The number of aromatic nitrogens is 2. The second kappa shape index (κ2) is 8.07. The molecule has 0 spiro atoms. The Balaban J connectivity index is 1.78. The summed E-state index contributed by atoms with van der Waals surface area (Å²) in [7, 11) is 0. The van der Waals surface area contributed by atoms with Crippen LogP contribution < -0.4 is 5.43 Å². The maximum Gasteiger partial charge on any atom is 0.162 e. The van der Waals surface area contributed by atoms with Crippen LogP contribution in [0.4, 0.5) is 5.82 Å². The van der Waals surface area contributed by atoms with Crippen LogP contribution in [-0.4, -0.2) is 20.8 Å². The monoisotopic (exact) mass is 422 g/mol. The molecule has 1 heterocycles. The summed E-state index contributed by atoms with van der Waals surface area (Å²) in [6.07, 6.45) is 0. The number of benzene rings is 3. The van der Waals surface area contributed by atoms with Gasteiger partial charge >= 0.3 is 0 Å². The molecule has 0 amide bonds. The highest BCUT2D eigenvalue weighted by Crippen LogP contribution is 2.29. The first-order chi connectivity index (χ1) is 14.0. The summed E-state index contributed by atoms with van der Waals surface area (Å²) in [5.74, 6) is 1.21. The number of nitrogens with zero attached hydrogens (tertiary/aromatic N) is 3. The number of anilines is 1. The summed E-state index contributed by atoms with van der Waals surface area (Å²) in [6, 6.07) is 19.9. The van der Waals surface area contributed by atoms with Crippen LogP contribution in [0.2, 0.25) is 10.0 Å². The van der Waals surface area contributed by atoms with Crippen LogP contribution in [-0.2, 0) is 0 Å². The van der Waals surface area contributed by atoms with Gasteiger partial charge in [-0.05, 0) is 49.4 Å². The second-order valence-corrected chi connectivity index (χ2v) is 7.18. The topological polar surface area (TPSA) is 70.4 Å². The Kier molecular flexibility index (Phi) is 5.34. The van der Waals surface area contributed by atoms with Gasteiger partial charge in [-0.1, -0.05) is 47.5 Å². The first-order valence-electron chi connectivity index (χ1n) is 8.84. The fraction of sp³-hybridized carbons (Fsp3) is 0.0455. The van der Waals surface area contributed by atoms with Crippen LogP contribution in [0.1, 0.15) is 12.5 Å². The number of phenolic OH excluding ortho intramolecular Hbond substituents is 1. The molecule has 0 saturated carbocycles. The SMILES string of the molecule is C/C(=N/Nc1nc(-c2ccc(Cl)c(Cl)c2)nc2ccccc12)c1ccccc1O. The van der Waals surface area contributed by atoms with Gasteiger partial charge in [0.1, 0.15) is 5.75 Å². The molecular weight excluding hydrogens is 407 g/mol. The molecule has 0 saturated heterocycles. The van der Waals surface area contributed by atoms with Crippen molar-refractivity contribution in [1.82, 2.24) is 9.97 Å². The van der Waals surface area contributed by atoms with Crippen molar-refractivity contribution in [2.24, 2.45) is 5.10 Å². The van der Waals surface area contributed by atoms with Crippen molar-refractivity contribution in [2.75, 3.05) is 5.43 Å². The molecule has 4 rings (SSSR count). The van der Waals surface area contributed by atoms with E-state index in [4.69, 9.17) is 23.2 Å². The van der Waals surface area contributed by atoms with Crippen molar-refractivity contribution in [3.05, 3.63) is 82.3 Å². The van der Waals surface area contributed by atoms with Gasteiger partial charge in [0.05, 0.1) is 21.3 Å². The number of hydrogen-bond donors (Lipinski definition) is 2. The number of para-hydroxylation sites is 2. The molecule has 0 aliphatic heterocycles. The molecule has 0 fully saturated rings. The van der Waals surface area contributed by atoms with E-state index >= 15 is 0 Å². The van der Waals surface area contributed by atoms with E-state index in [9.17, 15) is 5.11 Å². The third-order valence-electron chi connectivity index (χ3n) is 4.40. The number of fused-ring (bicyclic) bond motifs is 1. The Bertz CT molecular complexity index is 1240. The Morgan fingerprint density at radius 3 is 2.48 bits per heavy atom. The van der Waals surface area contributed by atoms with Crippen LogP contribution in [0.25, 0.3) is 22.3 Å². The van der Waals surface area contributed by atoms with Crippen LogP contribution in [0.3, 0.4) is 0 Å². The van der Waals surface area contributed by atoms with Gasteiger partial charge in [-0.25, -0.2) is 9.97 Å². The number of rotatable bonds is 4. The molecule has 144 valence electrons. The normalized spacial score (nSPS) is 11.6. The van der Waals surface area contributed by atoms with E-state index in [0.717, 1.165) is 16.5 Å². The van der Waals surface area contributed by atoms with Crippen LogP contribution in [0.15, 0.2) is 71.8 Å². The van der Waals surface area contributed by atoms with Gasteiger partial charge in [0.25, 0.3) is 0 Å². The first kappa shape index (κ1) is 19.2. The maximum absolute atomic E-state index is 10.0. The minimum atomic E-state index is 0.166. The lowest BCUT2D eigenvalue weighted by Gasteiger charge is -2.10. The standard InChI is InChI=1S/C22H16Cl2N4O/c1-13(15-6-3-5-9-20(15)29)27-28-22-16-7-2-4-8-19(16)25-21(26-22)14-10-11-17(23)18(24)12-14/h2-12,29H,1H3,(H,25,26,28)/b27-13-. The number of nitrogens with one attached hydrogen (secondary N) is 1. The zero-order valence-electron chi connectivity index (χ0n) is 15.4. The smallest absolute Gasteiger partial charge is 0.162 e. The summed E-state index contributed by atoms with van der Waals surface area (Å²) in [5, 5.41) is 16.2. The van der Waals surface area contributed by atoms with Crippen molar-refractivity contribution >= 4 is 45.6 Å². The number of aromatic hydroxyl groups is 1. The average molecular weight is 423 g/mol. The van der Waals surface area contributed by atoms with Gasteiger partial charge < -0.3 is 5.11 Å². The number of halogens is 2. The summed E-state index contributed by atoms with van der Waals surface area (Å²) in [5.41, 5.74) is 5.79. The number of hydrogen-bond acceptors (Lipinski definition) is 5. The van der Waals surface area contributed by atoms with E-state index in [1.54, 1.807) is 30.3 Å². The van der Waals surface area contributed by atoms with E-state index in [1.165, 1.54) is 0 Å². The minimum Gasteiger partial charge on any atom is -0.507 e. The highest BCUT2D eigenvalue weighted by molar-refractivity contribution is 6.42. The number of hydrazone groups is 1. The predicted molar refractivity (Wildman–Crippen MR) is 119 cm³/mol. The van der Waals surface area contributed by atoms with E-state index in [-0.39, 0.29) is 5.75 Å². The molecule has 0 radical (unpaired) electrons.